The van der Waals surface area contributed by atoms with Gasteiger partial charge in [-0.15, -0.1) is 0 Å². The van der Waals surface area contributed by atoms with Crippen molar-refractivity contribution in [2.24, 2.45) is 0 Å². The molecule has 196 valence electrons. The highest BCUT2D eigenvalue weighted by atomic mass is 16.6. The van der Waals surface area contributed by atoms with Gasteiger partial charge in [0.15, 0.2) is 5.78 Å². The summed E-state index contributed by atoms with van der Waals surface area (Å²) in [4.78, 5) is 27.6. The SMILES string of the molecule is COc1cc(C)c2c(ccn2C(=O)OC(C)(C)C)c1CN1C2CCCC1(c1ccc(C(C)=O)cc1)CC2. The van der Waals surface area contributed by atoms with E-state index < -0.39 is 5.60 Å². The van der Waals surface area contributed by atoms with Crippen molar-refractivity contribution in [2.45, 2.75) is 90.4 Å². The number of aryl methyl sites for hydroxylation is 1. The van der Waals surface area contributed by atoms with Gasteiger partial charge in [0.25, 0.3) is 0 Å². The molecule has 2 saturated heterocycles. The standard InChI is InChI=1S/C31H38N2O4/c1-20-18-27(36-6)26(25-14-17-32(28(20)25)29(35)37-30(3,4)5)19-33-24-8-7-15-31(33,16-13-24)23-11-9-22(10-12-23)21(2)34/h9-12,14,17-18,24H,7-8,13,15-16,19H2,1-6H3. The summed E-state index contributed by atoms with van der Waals surface area (Å²) in [5, 5.41) is 1.02. The Kier molecular flexibility index (Phi) is 6.43. The molecule has 1 aromatic heterocycles. The summed E-state index contributed by atoms with van der Waals surface area (Å²) in [5.41, 5.74) is 4.35. The van der Waals surface area contributed by atoms with E-state index in [4.69, 9.17) is 9.47 Å². The molecule has 37 heavy (non-hydrogen) atoms. The van der Waals surface area contributed by atoms with Crippen LogP contribution < -0.4 is 4.74 Å². The maximum absolute atomic E-state index is 13.0. The van der Waals surface area contributed by atoms with Crippen molar-refractivity contribution in [1.29, 1.82) is 0 Å². The third-order valence-corrected chi connectivity index (χ3v) is 8.21. The Balaban J connectivity index is 1.58. The summed E-state index contributed by atoms with van der Waals surface area (Å²) in [6.45, 7) is 10.0. The number of hydrogen-bond acceptors (Lipinski definition) is 5. The molecule has 0 amide bonds. The van der Waals surface area contributed by atoms with Gasteiger partial charge in [0.1, 0.15) is 11.4 Å². The van der Waals surface area contributed by atoms with E-state index in [1.54, 1.807) is 18.6 Å². The average Bonchev–Trinajstić information content (AvgIpc) is 3.36. The van der Waals surface area contributed by atoms with Crippen molar-refractivity contribution in [3.05, 3.63) is 64.8 Å². The van der Waals surface area contributed by atoms with E-state index in [9.17, 15) is 9.59 Å². The van der Waals surface area contributed by atoms with Gasteiger partial charge < -0.3 is 9.47 Å². The molecule has 6 nitrogen and oxygen atoms in total. The predicted molar refractivity (Wildman–Crippen MR) is 145 cm³/mol. The van der Waals surface area contributed by atoms with Gasteiger partial charge in [0.2, 0.25) is 0 Å². The van der Waals surface area contributed by atoms with Crippen molar-refractivity contribution in [3.63, 3.8) is 0 Å². The van der Waals surface area contributed by atoms with E-state index in [1.165, 1.54) is 18.4 Å². The van der Waals surface area contributed by atoms with Crippen molar-refractivity contribution in [2.75, 3.05) is 7.11 Å². The average molecular weight is 503 g/mol. The van der Waals surface area contributed by atoms with Gasteiger partial charge in [-0.3, -0.25) is 14.3 Å². The lowest BCUT2D eigenvalue weighted by atomic mass is 9.80. The Hall–Kier alpha value is -3.12. The Morgan fingerprint density at radius 2 is 1.81 bits per heavy atom. The number of carbonyl (C=O) groups excluding carboxylic acids is 2. The molecule has 3 heterocycles. The van der Waals surface area contributed by atoms with Crippen LogP contribution in [0.2, 0.25) is 0 Å². The molecule has 2 aliphatic rings. The minimum atomic E-state index is -0.575. The maximum Gasteiger partial charge on any atom is 0.419 e. The minimum absolute atomic E-state index is 0.0613. The second-order valence-corrected chi connectivity index (χ2v) is 11.7. The predicted octanol–water partition coefficient (Wildman–Crippen LogP) is 6.99. The van der Waals surface area contributed by atoms with Crippen LogP contribution in [0.15, 0.2) is 42.6 Å². The van der Waals surface area contributed by atoms with E-state index in [-0.39, 0.29) is 17.4 Å². The number of ketones is 1. The number of ether oxygens (including phenoxy) is 2. The van der Waals surface area contributed by atoms with Crippen LogP contribution in [0.1, 0.15) is 86.8 Å². The minimum Gasteiger partial charge on any atom is -0.496 e. The van der Waals surface area contributed by atoms with Crippen molar-refractivity contribution >= 4 is 22.8 Å². The van der Waals surface area contributed by atoms with Gasteiger partial charge in [-0.2, -0.15) is 0 Å². The monoisotopic (exact) mass is 502 g/mol. The van der Waals surface area contributed by atoms with Gasteiger partial charge in [-0.05, 0) is 90.0 Å². The second kappa shape index (κ2) is 9.32. The van der Waals surface area contributed by atoms with Crippen LogP contribution in [0, 0.1) is 6.92 Å². The molecule has 2 bridgehead atoms. The second-order valence-electron chi connectivity index (χ2n) is 11.7. The zero-order chi connectivity index (χ0) is 26.5. The fourth-order valence-corrected chi connectivity index (χ4v) is 6.55. The Labute approximate surface area is 219 Å². The van der Waals surface area contributed by atoms with Gasteiger partial charge in [0.05, 0.1) is 12.6 Å². The number of rotatable bonds is 5. The highest BCUT2D eigenvalue weighted by Crippen LogP contribution is 2.52. The highest BCUT2D eigenvalue weighted by Gasteiger charge is 2.49. The number of hydrogen-bond donors (Lipinski definition) is 0. The Morgan fingerprint density at radius 3 is 2.46 bits per heavy atom. The summed E-state index contributed by atoms with van der Waals surface area (Å²) in [6.07, 6.45) is 7.18. The molecule has 0 aliphatic carbocycles. The molecule has 3 aromatic rings. The van der Waals surface area contributed by atoms with E-state index in [1.807, 2.05) is 58.2 Å². The van der Waals surface area contributed by atoms with Crippen LogP contribution >= 0.6 is 0 Å². The van der Waals surface area contributed by atoms with Gasteiger partial charge in [-0.25, -0.2) is 4.79 Å². The van der Waals surface area contributed by atoms with Crippen LogP contribution in [-0.4, -0.2) is 40.1 Å². The first-order chi connectivity index (χ1) is 17.5. The summed E-state index contributed by atoms with van der Waals surface area (Å²) in [5.74, 6) is 0.939. The molecule has 0 N–H and O–H groups in total. The smallest absolute Gasteiger partial charge is 0.419 e. The first-order valence-corrected chi connectivity index (χ1v) is 13.3. The number of benzene rings is 2. The first-order valence-electron chi connectivity index (χ1n) is 13.3. The van der Waals surface area contributed by atoms with E-state index >= 15 is 0 Å². The third-order valence-electron chi connectivity index (χ3n) is 8.21. The summed E-state index contributed by atoms with van der Waals surface area (Å²) in [6, 6.07) is 12.8. The lowest BCUT2D eigenvalue weighted by Crippen LogP contribution is -2.47. The number of aromatic nitrogens is 1. The van der Waals surface area contributed by atoms with Crippen molar-refractivity contribution in [1.82, 2.24) is 9.47 Å². The summed E-state index contributed by atoms with van der Waals surface area (Å²) < 4.78 is 13.2. The van der Waals surface area contributed by atoms with Crippen molar-refractivity contribution < 1.29 is 19.1 Å². The number of nitrogens with zero attached hydrogens (tertiary/aromatic N) is 2. The lowest BCUT2D eigenvalue weighted by Gasteiger charge is -2.46. The number of methoxy groups -OCH3 is 1. The van der Waals surface area contributed by atoms with E-state index in [2.05, 4.69) is 17.0 Å². The van der Waals surface area contributed by atoms with Gasteiger partial charge >= 0.3 is 6.09 Å². The molecule has 6 heteroatoms. The molecular formula is C31H38N2O4. The Morgan fingerprint density at radius 1 is 1.08 bits per heavy atom. The highest BCUT2D eigenvalue weighted by molar-refractivity contribution is 5.95. The van der Waals surface area contributed by atoms with Crippen LogP contribution in [0.3, 0.4) is 0 Å². The number of carbonyl (C=O) groups is 2. The molecule has 2 atom stereocenters. The zero-order valence-electron chi connectivity index (χ0n) is 22.9. The van der Waals surface area contributed by atoms with Gasteiger partial charge in [0, 0.05) is 40.8 Å². The molecular weight excluding hydrogens is 464 g/mol. The fourth-order valence-electron chi connectivity index (χ4n) is 6.55. The molecule has 2 aliphatic heterocycles. The van der Waals surface area contributed by atoms with Crippen LogP contribution in [0.4, 0.5) is 4.79 Å². The summed E-state index contributed by atoms with van der Waals surface area (Å²) in [7, 11) is 1.72. The van der Waals surface area contributed by atoms with Crippen LogP contribution in [-0.2, 0) is 16.8 Å². The van der Waals surface area contributed by atoms with E-state index in [0.717, 1.165) is 59.2 Å². The van der Waals surface area contributed by atoms with Crippen LogP contribution in [0.5, 0.6) is 5.75 Å². The fraction of sp³-hybridized carbons (Fsp3) is 0.484. The molecule has 2 aromatic carbocycles. The third kappa shape index (κ3) is 4.46. The quantitative estimate of drug-likeness (QED) is 0.352. The number of Topliss-reactive ketones (excluding diaryl/α,β-unsaturated/α-hetero) is 1. The molecule has 0 spiro atoms. The summed E-state index contributed by atoms with van der Waals surface area (Å²) >= 11 is 0. The maximum atomic E-state index is 13.0. The molecule has 0 radical (unpaired) electrons. The number of fused-ring (bicyclic) bond motifs is 3. The van der Waals surface area contributed by atoms with E-state index in [0.29, 0.717) is 6.04 Å². The molecule has 5 rings (SSSR count). The molecule has 0 saturated carbocycles. The van der Waals surface area contributed by atoms with Crippen LogP contribution in [0.25, 0.3) is 10.9 Å². The normalized spacial score (nSPS) is 21.8. The van der Waals surface area contributed by atoms with Gasteiger partial charge in [-0.1, -0.05) is 24.3 Å². The lowest BCUT2D eigenvalue weighted by molar-refractivity contribution is 0.0423. The first kappa shape index (κ1) is 25.5. The Bertz CT molecular complexity index is 1340. The largest absolute Gasteiger partial charge is 0.496 e. The number of piperidine rings is 1. The molecule has 2 fully saturated rings. The zero-order valence-corrected chi connectivity index (χ0v) is 22.9. The topological polar surface area (TPSA) is 60.8 Å². The van der Waals surface area contributed by atoms with Crippen molar-refractivity contribution in [3.8, 4) is 5.75 Å². The molecule has 2 unspecified atom stereocenters.